The molecule has 1 saturated carbocycles. The number of aliphatic hydroxyl groups excluding tert-OH is 2. The maximum absolute atomic E-state index is 10.6. The van der Waals surface area contributed by atoms with Crippen LogP contribution in [0.5, 0.6) is 0 Å². The summed E-state index contributed by atoms with van der Waals surface area (Å²) in [6.07, 6.45) is -1.29. The zero-order valence-corrected chi connectivity index (χ0v) is 9.87. The Kier molecular flexibility index (Phi) is 3.46. The molecule has 17 heavy (non-hydrogen) atoms. The summed E-state index contributed by atoms with van der Waals surface area (Å²) in [5.41, 5.74) is -3.30. The number of methoxy groups -OCH3 is 1. The molecule has 0 radical (unpaired) electrons. The number of hydrogen-bond donors (Lipinski definition) is 4. The van der Waals surface area contributed by atoms with Crippen LogP contribution in [0.15, 0.2) is 0 Å². The predicted molar refractivity (Wildman–Crippen MR) is 57.1 cm³/mol. The molecule has 1 aliphatic heterocycles. The van der Waals surface area contributed by atoms with E-state index in [1.807, 2.05) is 0 Å². The van der Waals surface area contributed by atoms with Crippen molar-refractivity contribution >= 4 is 0 Å². The van der Waals surface area contributed by atoms with Crippen LogP contribution in [-0.4, -0.2) is 63.8 Å². The summed E-state index contributed by atoms with van der Waals surface area (Å²) in [7, 11) is 1.35. The van der Waals surface area contributed by atoms with Crippen LogP contribution in [0.3, 0.4) is 0 Å². The van der Waals surface area contributed by atoms with Crippen LogP contribution in [0.1, 0.15) is 25.7 Å². The van der Waals surface area contributed by atoms with Crippen molar-refractivity contribution in [2.24, 2.45) is 0 Å². The van der Waals surface area contributed by atoms with Crippen molar-refractivity contribution in [2.45, 2.75) is 55.4 Å². The minimum Gasteiger partial charge on any atom is -0.394 e. The Labute approximate surface area is 99.8 Å². The van der Waals surface area contributed by atoms with Gasteiger partial charge in [0.25, 0.3) is 0 Å². The molecule has 4 N–H and O–H groups in total. The standard InChI is InChI=1S/C11H20O6/c1-16-9-8(13)11(15)5-3-2-4-10(11,14)7(6-12)17-9/h7-9,12-15H,2-6H2,1H3/t7-,8+,9+,10+,11+/m0/s1. The summed E-state index contributed by atoms with van der Waals surface area (Å²) in [5, 5.41) is 40.4. The van der Waals surface area contributed by atoms with E-state index < -0.39 is 36.3 Å². The highest BCUT2D eigenvalue weighted by Crippen LogP contribution is 2.47. The van der Waals surface area contributed by atoms with Crippen LogP contribution in [-0.2, 0) is 9.47 Å². The van der Waals surface area contributed by atoms with E-state index in [1.54, 1.807) is 0 Å². The summed E-state index contributed by atoms with van der Waals surface area (Å²) >= 11 is 0. The average molecular weight is 248 g/mol. The zero-order valence-electron chi connectivity index (χ0n) is 9.87. The highest BCUT2D eigenvalue weighted by atomic mass is 16.7. The highest BCUT2D eigenvalue weighted by molar-refractivity contribution is 5.13. The summed E-state index contributed by atoms with van der Waals surface area (Å²) in [6, 6.07) is 0. The molecule has 5 atom stereocenters. The van der Waals surface area contributed by atoms with E-state index in [9.17, 15) is 20.4 Å². The van der Waals surface area contributed by atoms with Gasteiger partial charge in [-0.1, -0.05) is 12.8 Å². The van der Waals surface area contributed by atoms with Crippen molar-refractivity contribution in [1.29, 1.82) is 0 Å². The highest BCUT2D eigenvalue weighted by Gasteiger charge is 2.65. The second kappa shape index (κ2) is 4.46. The molecule has 6 heteroatoms. The molecule has 0 aromatic heterocycles. The van der Waals surface area contributed by atoms with Gasteiger partial charge in [-0.15, -0.1) is 0 Å². The van der Waals surface area contributed by atoms with Crippen molar-refractivity contribution in [2.75, 3.05) is 13.7 Å². The molecule has 1 aliphatic carbocycles. The van der Waals surface area contributed by atoms with Crippen molar-refractivity contribution in [1.82, 2.24) is 0 Å². The maximum atomic E-state index is 10.6. The molecule has 0 aromatic rings. The molecule has 2 rings (SSSR count). The topological polar surface area (TPSA) is 99.4 Å². The van der Waals surface area contributed by atoms with E-state index in [2.05, 4.69) is 0 Å². The quantitative estimate of drug-likeness (QED) is 0.487. The van der Waals surface area contributed by atoms with Gasteiger partial charge in [-0.3, -0.25) is 0 Å². The Morgan fingerprint density at radius 1 is 1.24 bits per heavy atom. The summed E-state index contributed by atoms with van der Waals surface area (Å²) in [6.45, 7) is -0.425. The van der Waals surface area contributed by atoms with Crippen molar-refractivity contribution < 1.29 is 29.9 Å². The molecule has 0 amide bonds. The van der Waals surface area contributed by atoms with E-state index in [0.717, 1.165) is 6.42 Å². The number of ether oxygens (including phenoxy) is 2. The van der Waals surface area contributed by atoms with E-state index in [4.69, 9.17) is 9.47 Å². The number of aliphatic hydroxyl groups is 4. The molecule has 0 bridgehead atoms. The fourth-order valence-electron chi connectivity index (χ4n) is 3.02. The molecular weight excluding hydrogens is 228 g/mol. The predicted octanol–water partition coefficient (Wildman–Crippen LogP) is -1.25. The number of fused-ring (bicyclic) bond motifs is 1. The second-order valence-corrected chi connectivity index (χ2v) is 4.91. The molecule has 2 aliphatic rings. The largest absolute Gasteiger partial charge is 0.394 e. The first-order valence-electron chi connectivity index (χ1n) is 5.91. The Bertz CT molecular complexity index is 285. The van der Waals surface area contributed by atoms with Gasteiger partial charge in [-0.25, -0.2) is 0 Å². The first-order valence-corrected chi connectivity index (χ1v) is 5.91. The molecule has 6 nitrogen and oxygen atoms in total. The minimum atomic E-state index is -1.68. The Hall–Kier alpha value is -0.240. The van der Waals surface area contributed by atoms with Gasteiger partial charge in [0, 0.05) is 7.11 Å². The third-order valence-corrected chi connectivity index (χ3v) is 4.09. The Morgan fingerprint density at radius 2 is 1.82 bits per heavy atom. The number of hydrogen-bond acceptors (Lipinski definition) is 6. The van der Waals surface area contributed by atoms with Crippen LogP contribution in [0.4, 0.5) is 0 Å². The molecule has 2 fully saturated rings. The van der Waals surface area contributed by atoms with Crippen LogP contribution in [0, 0.1) is 0 Å². The van der Waals surface area contributed by atoms with Gasteiger partial charge in [0.1, 0.15) is 23.4 Å². The van der Waals surface area contributed by atoms with Gasteiger partial charge in [0.05, 0.1) is 6.61 Å². The fourth-order valence-corrected chi connectivity index (χ4v) is 3.02. The van der Waals surface area contributed by atoms with Gasteiger partial charge in [0.15, 0.2) is 6.29 Å². The summed E-state index contributed by atoms with van der Waals surface area (Å²) in [4.78, 5) is 0. The Balaban J connectivity index is 2.36. The van der Waals surface area contributed by atoms with Gasteiger partial charge in [0.2, 0.25) is 0 Å². The maximum Gasteiger partial charge on any atom is 0.186 e. The van der Waals surface area contributed by atoms with E-state index in [0.29, 0.717) is 12.8 Å². The molecule has 1 saturated heterocycles. The monoisotopic (exact) mass is 248 g/mol. The molecule has 0 unspecified atom stereocenters. The van der Waals surface area contributed by atoms with Crippen molar-refractivity contribution in [3.05, 3.63) is 0 Å². The molecule has 1 heterocycles. The third kappa shape index (κ3) is 1.71. The van der Waals surface area contributed by atoms with Gasteiger partial charge in [-0.05, 0) is 12.8 Å². The van der Waals surface area contributed by atoms with Crippen LogP contribution >= 0.6 is 0 Å². The Morgan fingerprint density at radius 3 is 2.35 bits per heavy atom. The van der Waals surface area contributed by atoms with E-state index in [1.165, 1.54) is 7.11 Å². The zero-order chi connectivity index (χ0) is 12.7. The van der Waals surface area contributed by atoms with Gasteiger partial charge < -0.3 is 29.9 Å². The molecule has 0 aromatic carbocycles. The van der Waals surface area contributed by atoms with Crippen molar-refractivity contribution in [3.8, 4) is 0 Å². The van der Waals surface area contributed by atoms with Gasteiger partial charge in [-0.2, -0.15) is 0 Å². The smallest absolute Gasteiger partial charge is 0.186 e. The van der Waals surface area contributed by atoms with Crippen molar-refractivity contribution in [3.63, 3.8) is 0 Å². The summed E-state index contributed by atoms with van der Waals surface area (Å²) in [5.74, 6) is 0. The first kappa shape index (κ1) is 13.2. The fraction of sp³-hybridized carbons (Fsp3) is 1.00. The molecule has 100 valence electrons. The first-order chi connectivity index (χ1) is 7.99. The van der Waals surface area contributed by atoms with Crippen LogP contribution < -0.4 is 0 Å². The lowest BCUT2D eigenvalue weighted by atomic mass is 9.64. The van der Waals surface area contributed by atoms with Crippen LogP contribution in [0.25, 0.3) is 0 Å². The molecular formula is C11H20O6. The van der Waals surface area contributed by atoms with E-state index in [-0.39, 0.29) is 6.42 Å². The SMILES string of the molecule is CO[C@@H]1O[C@@H](CO)[C@]2(O)CCCC[C@@]2(O)[C@@H]1O. The normalized spacial score (nSPS) is 51.0. The van der Waals surface area contributed by atoms with Gasteiger partial charge >= 0.3 is 0 Å². The minimum absolute atomic E-state index is 0.268. The lowest BCUT2D eigenvalue weighted by Crippen LogP contribution is -2.75. The van der Waals surface area contributed by atoms with E-state index >= 15 is 0 Å². The lowest BCUT2D eigenvalue weighted by molar-refractivity contribution is -0.370. The lowest BCUT2D eigenvalue weighted by Gasteiger charge is -2.57. The third-order valence-electron chi connectivity index (χ3n) is 4.09. The molecule has 0 spiro atoms. The van der Waals surface area contributed by atoms with Crippen LogP contribution in [0.2, 0.25) is 0 Å². The number of rotatable bonds is 2. The summed E-state index contributed by atoms with van der Waals surface area (Å²) < 4.78 is 10.2. The second-order valence-electron chi connectivity index (χ2n) is 4.91. The average Bonchev–Trinajstić information content (AvgIpc) is 2.33.